The largest absolute Gasteiger partial charge is 0.311 e. The van der Waals surface area contributed by atoms with Crippen molar-refractivity contribution in [3.8, 4) is 0 Å². The molecule has 0 amide bonds. The van der Waals surface area contributed by atoms with Crippen molar-refractivity contribution in [1.29, 1.82) is 0 Å². The van der Waals surface area contributed by atoms with Crippen LogP contribution in [0, 0.1) is 5.41 Å². The zero-order valence-corrected chi connectivity index (χ0v) is 13.7. The van der Waals surface area contributed by atoms with Crippen molar-refractivity contribution in [3.63, 3.8) is 0 Å². The maximum Gasteiger partial charge on any atom is 0.150 e. The van der Waals surface area contributed by atoms with Gasteiger partial charge in [-0.3, -0.25) is 0 Å². The van der Waals surface area contributed by atoms with Crippen molar-refractivity contribution in [2.75, 3.05) is 6.54 Å². The molecule has 0 aliphatic carbocycles. The molecule has 1 aromatic heterocycles. The van der Waals surface area contributed by atoms with Crippen LogP contribution in [0.5, 0.6) is 0 Å². The highest BCUT2D eigenvalue weighted by Gasteiger charge is 2.23. The molecular weight excluding hydrogens is 236 g/mol. The topological polar surface area (TPSA) is 42.7 Å². The molecule has 0 atom stereocenters. The molecule has 0 aliphatic heterocycles. The van der Waals surface area contributed by atoms with E-state index in [4.69, 9.17) is 0 Å². The molecule has 110 valence electrons. The zero-order valence-electron chi connectivity index (χ0n) is 13.7. The Balaban J connectivity index is 2.74. The van der Waals surface area contributed by atoms with Crippen LogP contribution in [0.25, 0.3) is 0 Å². The van der Waals surface area contributed by atoms with Gasteiger partial charge in [-0.2, -0.15) is 5.10 Å². The Morgan fingerprint density at radius 2 is 1.68 bits per heavy atom. The summed E-state index contributed by atoms with van der Waals surface area (Å²) in [6.07, 6.45) is 1.84. The van der Waals surface area contributed by atoms with Crippen molar-refractivity contribution in [1.82, 2.24) is 20.1 Å². The minimum atomic E-state index is 0.155. The molecule has 0 aliphatic rings. The van der Waals surface area contributed by atoms with Crippen LogP contribution in [0.2, 0.25) is 0 Å². The van der Waals surface area contributed by atoms with Gasteiger partial charge in [0.2, 0.25) is 0 Å². The standard InChI is InChI=1S/C15H30N4/c1-8-12-17-13(9-2)19(18-12)11-15(6,7)10-16-14(3,4)5/h16H,8-11H2,1-7H3. The predicted molar refractivity (Wildman–Crippen MR) is 80.3 cm³/mol. The van der Waals surface area contributed by atoms with Gasteiger partial charge in [-0.25, -0.2) is 9.67 Å². The maximum absolute atomic E-state index is 4.61. The Morgan fingerprint density at radius 3 is 2.16 bits per heavy atom. The van der Waals surface area contributed by atoms with E-state index in [1.165, 1.54) is 0 Å². The number of nitrogens with zero attached hydrogens (tertiary/aromatic N) is 3. The lowest BCUT2D eigenvalue weighted by Crippen LogP contribution is -2.43. The van der Waals surface area contributed by atoms with Gasteiger partial charge in [0.05, 0.1) is 0 Å². The fraction of sp³-hybridized carbons (Fsp3) is 0.867. The molecule has 4 heteroatoms. The molecule has 4 nitrogen and oxygen atoms in total. The first-order valence-electron chi connectivity index (χ1n) is 7.34. The Kier molecular flexibility index (Phi) is 5.13. The van der Waals surface area contributed by atoms with Gasteiger partial charge in [-0.05, 0) is 26.2 Å². The minimum absolute atomic E-state index is 0.155. The highest BCUT2D eigenvalue weighted by Crippen LogP contribution is 2.19. The Hall–Kier alpha value is -0.900. The molecule has 0 unspecified atom stereocenters. The molecule has 0 bridgehead atoms. The van der Waals surface area contributed by atoms with E-state index >= 15 is 0 Å². The molecule has 0 spiro atoms. The SMILES string of the molecule is CCc1nc(CC)n(CC(C)(C)CNC(C)(C)C)n1. The van der Waals surface area contributed by atoms with Gasteiger partial charge in [0.15, 0.2) is 5.82 Å². The first-order valence-corrected chi connectivity index (χ1v) is 7.34. The summed E-state index contributed by atoms with van der Waals surface area (Å²) in [5.41, 5.74) is 0.317. The number of rotatable bonds is 6. The third kappa shape index (κ3) is 5.31. The van der Waals surface area contributed by atoms with Crippen LogP contribution >= 0.6 is 0 Å². The summed E-state index contributed by atoms with van der Waals surface area (Å²) in [6, 6.07) is 0. The molecule has 0 saturated heterocycles. The molecule has 0 radical (unpaired) electrons. The van der Waals surface area contributed by atoms with Gasteiger partial charge in [0.1, 0.15) is 5.82 Å². The van der Waals surface area contributed by atoms with Crippen molar-refractivity contribution in [3.05, 3.63) is 11.6 Å². The third-order valence-corrected chi connectivity index (χ3v) is 3.10. The summed E-state index contributed by atoms with van der Waals surface area (Å²) >= 11 is 0. The van der Waals surface area contributed by atoms with Crippen molar-refractivity contribution in [2.24, 2.45) is 5.41 Å². The smallest absolute Gasteiger partial charge is 0.150 e. The number of aromatic nitrogens is 3. The van der Waals surface area contributed by atoms with Gasteiger partial charge in [-0.15, -0.1) is 0 Å². The van der Waals surface area contributed by atoms with Crippen molar-refractivity contribution in [2.45, 2.75) is 73.4 Å². The lowest BCUT2D eigenvalue weighted by Gasteiger charge is -2.30. The predicted octanol–water partition coefficient (Wildman–Crippen LogP) is 2.82. The van der Waals surface area contributed by atoms with Crippen molar-refractivity contribution >= 4 is 0 Å². The van der Waals surface area contributed by atoms with E-state index < -0.39 is 0 Å². The van der Waals surface area contributed by atoms with Crippen LogP contribution in [0.15, 0.2) is 0 Å². The quantitative estimate of drug-likeness (QED) is 0.861. The van der Waals surface area contributed by atoms with Gasteiger partial charge in [0.25, 0.3) is 0 Å². The monoisotopic (exact) mass is 266 g/mol. The minimum Gasteiger partial charge on any atom is -0.311 e. The van der Waals surface area contributed by atoms with E-state index in [1.54, 1.807) is 0 Å². The Labute approximate surface area is 118 Å². The van der Waals surface area contributed by atoms with Crippen molar-refractivity contribution < 1.29 is 0 Å². The van der Waals surface area contributed by atoms with E-state index in [9.17, 15) is 0 Å². The van der Waals surface area contributed by atoms with Gasteiger partial charge >= 0.3 is 0 Å². The molecule has 1 rings (SSSR count). The summed E-state index contributed by atoms with van der Waals surface area (Å²) in [4.78, 5) is 4.57. The number of hydrogen-bond donors (Lipinski definition) is 1. The van der Waals surface area contributed by atoms with E-state index in [-0.39, 0.29) is 11.0 Å². The molecule has 1 N–H and O–H groups in total. The van der Waals surface area contributed by atoms with Crippen LogP contribution < -0.4 is 5.32 Å². The normalized spacial score (nSPS) is 13.0. The van der Waals surface area contributed by atoms with Gasteiger partial charge < -0.3 is 5.32 Å². The second kappa shape index (κ2) is 6.04. The zero-order chi connectivity index (χ0) is 14.7. The number of aryl methyl sites for hydroxylation is 2. The number of nitrogens with one attached hydrogen (secondary N) is 1. The van der Waals surface area contributed by atoms with Crippen LogP contribution in [0.3, 0.4) is 0 Å². The molecule has 1 heterocycles. The lowest BCUT2D eigenvalue weighted by molar-refractivity contribution is 0.243. The van der Waals surface area contributed by atoms with Crippen LogP contribution in [0.1, 0.15) is 60.1 Å². The summed E-state index contributed by atoms with van der Waals surface area (Å²) in [5.74, 6) is 2.05. The second-order valence-corrected chi connectivity index (χ2v) is 7.08. The van der Waals surface area contributed by atoms with E-state index in [1.807, 2.05) is 0 Å². The fourth-order valence-electron chi connectivity index (χ4n) is 1.93. The third-order valence-electron chi connectivity index (χ3n) is 3.10. The van der Waals surface area contributed by atoms with Crippen LogP contribution in [-0.2, 0) is 19.4 Å². The average molecular weight is 266 g/mol. The molecule has 1 aromatic rings. The summed E-state index contributed by atoms with van der Waals surface area (Å²) in [6.45, 7) is 17.3. The molecular formula is C15H30N4. The fourth-order valence-corrected chi connectivity index (χ4v) is 1.93. The summed E-state index contributed by atoms with van der Waals surface area (Å²) in [5, 5.41) is 8.19. The first-order chi connectivity index (χ1) is 8.67. The summed E-state index contributed by atoms with van der Waals surface area (Å²) < 4.78 is 2.09. The molecule has 0 saturated carbocycles. The molecule has 0 aromatic carbocycles. The Bertz CT molecular complexity index is 399. The lowest BCUT2D eigenvalue weighted by atomic mass is 9.92. The summed E-state index contributed by atoms with van der Waals surface area (Å²) in [7, 11) is 0. The highest BCUT2D eigenvalue weighted by molar-refractivity contribution is 4.94. The van der Waals surface area contributed by atoms with Gasteiger partial charge in [0, 0.05) is 31.5 Å². The first kappa shape index (κ1) is 16.2. The van der Waals surface area contributed by atoms with E-state index in [0.29, 0.717) is 0 Å². The molecule has 19 heavy (non-hydrogen) atoms. The van der Waals surface area contributed by atoms with E-state index in [2.05, 4.69) is 68.5 Å². The average Bonchev–Trinajstić information content (AvgIpc) is 2.67. The second-order valence-electron chi connectivity index (χ2n) is 7.08. The number of hydrogen-bond acceptors (Lipinski definition) is 3. The maximum atomic E-state index is 4.61. The van der Waals surface area contributed by atoms with E-state index in [0.717, 1.165) is 37.6 Å². The van der Waals surface area contributed by atoms with Gasteiger partial charge in [-0.1, -0.05) is 27.7 Å². The Morgan fingerprint density at radius 1 is 1.05 bits per heavy atom. The highest BCUT2D eigenvalue weighted by atomic mass is 15.3. The van der Waals surface area contributed by atoms with Crippen LogP contribution in [0.4, 0.5) is 0 Å². The molecule has 0 fully saturated rings. The van der Waals surface area contributed by atoms with Crippen LogP contribution in [-0.4, -0.2) is 26.8 Å².